The van der Waals surface area contributed by atoms with Crippen molar-refractivity contribution in [1.82, 2.24) is 4.90 Å². The molecule has 1 fully saturated rings. The lowest BCUT2D eigenvalue weighted by Crippen LogP contribution is -2.50. The van der Waals surface area contributed by atoms with Crippen LogP contribution < -0.4 is 11.1 Å². The summed E-state index contributed by atoms with van der Waals surface area (Å²) in [7, 11) is 0. The van der Waals surface area contributed by atoms with Gasteiger partial charge in [-0.05, 0) is 43.9 Å². The van der Waals surface area contributed by atoms with Crippen molar-refractivity contribution in [3.05, 3.63) is 29.0 Å². The molecule has 0 aliphatic carbocycles. The van der Waals surface area contributed by atoms with Gasteiger partial charge in [-0.15, -0.1) is 0 Å². The average molecular weight is 384 g/mol. The van der Waals surface area contributed by atoms with Gasteiger partial charge in [-0.1, -0.05) is 25.4 Å². The van der Waals surface area contributed by atoms with Crippen molar-refractivity contribution in [2.75, 3.05) is 25.0 Å². The molecule has 26 heavy (non-hydrogen) atoms. The Morgan fingerprint density at radius 3 is 2.42 bits per heavy atom. The van der Waals surface area contributed by atoms with Crippen LogP contribution in [0.3, 0.4) is 0 Å². The Morgan fingerprint density at radius 1 is 1.31 bits per heavy atom. The molecule has 3 N–H and O–H groups in total. The number of hydrogen-bond donors (Lipinski definition) is 2. The second-order valence-electron chi connectivity index (χ2n) is 6.88. The normalized spacial score (nSPS) is 15.8. The van der Waals surface area contributed by atoms with Gasteiger partial charge in [0.15, 0.2) is 0 Å². The highest BCUT2D eigenvalue weighted by Crippen LogP contribution is 2.30. The summed E-state index contributed by atoms with van der Waals surface area (Å²) in [6, 6.07) is 4.10. The summed E-state index contributed by atoms with van der Waals surface area (Å²) >= 11 is 5.74. The molecule has 2 amide bonds. The number of rotatable bonds is 6. The minimum absolute atomic E-state index is 0.0273. The first kappa shape index (κ1) is 20.6. The van der Waals surface area contributed by atoms with E-state index in [0.29, 0.717) is 51.0 Å². The summed E-state index contributed by atoms with van der Waals surface area (Å²) in [5.74, 6) is -0.741. The molecule has 0 unspecified atom stereocenters. The maximum absolute atomic E-state index is 13.2. The van der Waals surface area contributed by atoms with Crippen molar-refractivity contribution < 1.29 is 14.0 Å². The van der Waals surface area contributed by atoms with Gasteiger partial charge in [-0.25, -0.2) is 4.39 Å². The lowest BCUT2D eigenvalue weighted by atomic mass is 9.80. The number of benzene rings is 1. The molecular weight excluding hydrogens is 357 g/mol. The highest BCUT2D eigenvalue weighted by atomic mass is 35.5. The zero-order chi connectivity index (χ0) is 19.3. The average Bonchev–Trinajstić information content (AvgIpc) is 2.66. The molecule has 0 saturated carbocycles. The number of carbonyl (C=O) groups excluding carboxylic acids is 2. The molecule has 0 radical (unpaired) electrons. The van der Waals surface area contributed by atoms with Crippen molar-refractivity contribution in [3.8, 4) is 0 Å². The molecule has 0 bridgehead atoms. The minimum Gasteiger partial charge on any atom is -0.342 e. The van der Waals surface area contributed by atoms with Gasteiger partial charge in [0.25, 0.3) is 0 Å². The van der Waals surface area contributed by atoms with Crippen molar-refractivity contribution in [2.24, 2.45) is 17.1 Å². The molecule has 144 valence electrons. The fourth-order valence-corrected chi connectivity index (χ4v) is 3.61. The number of halogens is 2. The Morgan fingerprint density at radius 2 is 1.92 bits per heavy atom. The van der Waals surface area contributed by atoms with Crippen molar-refractivity contribution in [2.45, 2.75) is 39.5 Å². The summed E-state index contributed by atoms with van der Waals surface area (Å²) in [6.45, 7) is 5.40. The van der Waals surface area contributed by atoms with Gasteiger partial charge in [0.05, 0.1) is 10.4 Å². The van der Waals surface area contributed by atoms with Gasteiger partial charge in [0, 0.05) is 31.2 Å². The Labute approximate surface area is 159 Å². The van der Waals surface area contributed by atoms with Gasteiger partial charge in [-0.2, -0.15) is 0 Å². The van der Waals surface area contributed by atoms with Crippen LogP contribution in [0.4, 0.5) is 10.1 Å². The van der Waals surface area contributed by atoms with Gasteiger partial charge in [0.1, 0.15) is 5.82 Å². The predicted molar refractivity (Wildman–Crippen MR) is 101 cm³/mol. The van der Waals surface area contributed by atoms with E-state index >= 15 is 0 Å². The quantitative estimate of drug-likeness (QED) is 0.790. The van der Waals surface area contributed by atoms with Crippen molar-refractivity contribution in [3.63, 3.8) is 0 Å². The Bertz CT molecular complexity index is 648. The zero-order valence-corrected chi connectivity index (χ0v) is 16.1. The number of amides is 2. The van der Waals surface area contributed by atoms with E-state index in [-0.39, 0.29) is 22.8 Å². The smallest absolute Gasteiger partial charge is 0.230 e. The van der Waals surface area contributed by atoms with Crippen LogP contribution in [0, 0.1) is 17.2 Å². The van der Waals surface area contributed by atoms with Gasteiger partial charge in [-0.3, -0.25) is 9.59 Å². The summed E-state index contributed by atoms with van der Waals surface area (Å²) in [5.41, 5.74) is 5.84. The van der Waals surface area contributed by atoms with Crippen molar-refractivity contribution >= 4 is 29.1 Å². The van der Waals surface area contributed by atoms with Crippen LogP contribution >= 0.6 is 11.6 Å². The fraction of sp³-hybridized carbons (Fsp3) is 0.579. The van der Waals surface area contributed by atoms with E-state index in [0.717, 1.165) is 0 Å². The van der Waals surface area contributed by atoms with E-state index in [9.17, 15) is 14.0 Å². The van der Waals surface area contributed by atoms with Gasteiger partial charge >= 0.3 is 0 Å². The van der Waals surface area contributed by atoms with Crippen LogP contribution in [0.1, 0.15) is 39.5 Å². The van der Waals surface area contributed by atoms with Crippen LogP contribution in [-0.2, 0) is 9.59 Å². The number of nitrogens with zero attached hydrogens (tertiary/aromatic N) is 1. The van der Waals surface area contributed by atoms with Crippen LogP contribution in [0.5, 0.6) is 0 Å². The Balaban J connectivity index is 1.94. The molecule has 2 rings (SSSR count). The standard InChI is InChI=1S/C19H27ClFN3O2/c1-3-19(4-2,12-22)18(26)24-9-7-13(8-10-24)17(25)23-14-5-6-16(21)15(20)11-14/h5-6,11,13H,3-4,7-10,12,22H2,1-2H3,(H,23,25). The van der Waals surface area contributed by atoms with E-state index in [1.54, 1.807) is 0 Å². The topological polar surface area (TPSA) is 75.4 Å². The molecule has 1 aliphatic heterocycles. The van der Waals surface area contributed by atoms with E-state index in [1.807, 2.05) is 18.7 Å². The lowest BCUT2D eigenvalue weighted by molar-refractivity contribution is -0.144. The third-order valence-corrected chi connectivity index (χ3v) is 5.83. The maximum atomic E-state index is 13.2. The number of carbonyl (C=O) groups is 2. The molecule has 0 atom stereocenters. The highest BCUT2D eigenvalue weighted by Gasteiger charge is 2.38. The monoisotopic (exact) mass is 383 g/mol. The summed E-state index contributed by atoms with van der Waals surface area (Å²) in [6.07, 6.45) is 2.62. The molecule has 0 spiro atoms. The number of nitrogens with two attached hydrogens (primary N) is 1. The highest BCUT2D eigenvalue weighted by molar-refractivity contribution is 6.31. The van der Waals surface area contributed by atoms with Crippen LogP contribution in [0.2, 0.25) is 5.02 Å². The van der Waals surface area contributed by atoms with Crippen LogP contribution in [0.25, 0.3) is 0 Å². The van der Waals surface area contributed by atoms with Gasteiger partial charge < -0.3 is 16.0 Å². The SMILES string of the molecule is CCC(CC)(CN)C(=O)N1CCC(C(=O)Nc2ccc(F)c(Cl)c2)CC1. The summed E-state index contributed by atoms with van der Waals surface area (Å²) in [5, 5.41) is 2.75. The number of likely N-dealkylation sites (tertiary alicyclic amines) is 1. The van der Waals surface area contributed by atoms with E-state index < -0.39 is 11.2 Å². The lowest BCUT2D eigenvalue weighted by Gasteiger charge is -2.38. The molecule has 0 aromatic heterocycles. The number of piperidine rings is 1. The molecule has 1 heterocycles. The summed E-state index contributed by atoms with van der Waals surface area (Å²) < 4.78 is 13.2. The third kappa shape index (κ3) is 4.35. The molecule has 1 aromatic rings. The first-order valence-electron chi connectivity index (χ1n) is 9.12. The molecule has 1 saturated heterocycles. The number of anilines is 1. The maximum Gasteiger partial charge on any atom is 0.230 e. The van der Waals surface area contributed by atoms with Crippen LogP contribution in [0.15, 0.2) is 18.2 Å². The van der Waals surface area contributed by atoms with E-state index in [1.165, 1.54) is 18.2 Å². The number of hydrogen-bond acceptors (Lipinski definition) is 3. The number of nitrogens with one attached hydrogen (secondary N) is 1. The predicted octanol–water partition coefficient (Wildman–Crippen LogP) is 3.42. The zero-order valence-electron chi connectivity index (χ0n) is 15.4. The molecular formula is C19H27ClFN3O2. The second kappa shape index (κ2) is 8.82. The largest absolute Gasteiger partial charge is 0.342 e. The second-order valence-corrected chi connectivity index (χ2v) is 7.28. The first-order chi connectivity index (χ1) is 12.4. The van der Waals surface area contributed by atoms with E-state index in [2.05, 4.69) is 5.32 Å². The molecule has 7 heteroatoms. The molecule has 1 aromatic carbocycles. The molecule has 5 nitrogen and oxygen atoms in total. The van der Waals surface area contributed by atoms with Gasteiger partial charge in [0.2, 0.25) is 11.8 Å². The van der Waals surface area contributed by atoms with E-state index in [4.69, 9.17) is 17.3 Å². The first-order valence-corrected chi connectivity index (χ1v) is 9.50. The van der Waals surface area contributed by atoms with Crippen molar-refractivity contribution in [1.29, 1.82) is 0 Å². The minimum atomic E-state index is -0.522. The molecule has 1 aliphatic rings. The van der Waals surface area contributed by atoms with Crippen LogP contribution in [-0.4, -0.2) is 36.3 Å². The Hall–Kier alpha value is -1.66. The summed E-state index contributed by atoms with van der Waals surface area (Å²) in [4.78, 5) is 27.1. The fourth-order valence-electron chi connectivity index (χ4n) is 3.43. The Kier molecular flexibility index (Phi) is 7.01. The third-order valence-electron chi connectivity index (χ3n) is 5.54.